The Morgan fingerprint density at radius 2 is 1.93 bits per heavy atom. The second-order valence-electron chi connectivity index (χ2n) is 5.46. The highest BCUT2D eigenvalue weighted by Crippen LogP contribution is 2.57. The fourth-order valence-corrected chi connectivity index (χ4v) is 3.93. The number of fused-ring (bicyclic) bond motifs is 3. The summed E-state index contributed by atoms with van der Waals surface area (Å²) in [5.74, 6) is 1.89. The van der Waals surface area contributed by atoms with Crippen LogP contribution >= 0.6 is 0 Å². The number of allylic oxidation sites excluding steroid dienone is 4. The van der Waals surface area contributed by atoms with E-state index in [0.717, 1.165) is 17.3 Å². The van der Waals surface area contributed by atoms with Crippen LogP contribution in [0, 0.1) is 17.3 Å². The Morgan fingerprint density at radius 1 is 1.00 bits per heavy atom. The molecule has 1 fully saturated rings. The SMILES string of the molecule is C1=CCCC2(CCC1)CC1C=CC2C1. The molecule has 3 aliphatic rings. The minimum absolute atomic E-state index is 0.726. The summed E-state index contributed by atoms with van der Waals surface area (Å²) >= 11 is 0. The van der Waals surface area contributed by atoms with Crippen LogP contribution in [0.5, 0.6) is 0 Å². The van der Waals surface area contributed by atoms with Crippen LogP contribution in [0.4, 0.5) is 0 Å². The Bertz CT molecular complexity index is 274. The molecule has 0 aromatic carbocycles. The van der Waals surface area contributed by atoms with Gasteiger partial charge in [-0.15, -0.1) is 0 Å². The van der Waals surface area contributed by atoms with Crippen LogP contribution < -0.4 is 0 Å². The summed E-state index contributed by atoms with van der Waals surface area (Å²) in [5, 5.41) is 0. The highest BCUT2D eigenvalue weighted by molar-refractivity contribution is 5.16. The first kappa shape index (κ1) is 8.76. The molecule has 76 valence electrons. The van der Waals surface area contributed by atoms with Crippen molar-refractivity contribution in [3.8, 4) is 0 Å². The van der Waals surface area contributed by atoms with Crippen molar-refractivity contribution in [2.45, 2.75) is 44.9 Å². The van der Waals surface area contributed by atoms with Gasteiger partial charge in [0.25, 0.3) is 0 Å². The van der Waals surface area contributed by atoms with Gasteiger partial charge in [0.2, 0.25) is 0 Å². The van der Waals surface area contributed by atoms with Crippen molar-refractivity contribution in [2.75, 3.05) is 0 Å². The van der Waals surface area contributed by atoms with Gasteiger partial charge in [-0.05, 0) is 62.2 Å². The zero-order valence-electron chi connectivity index (χ0n) is 8.91. The summed E-state index contributed by atoms with van der Waals surface area (Å²) in [6, 6.07) is 0. The molecule has 3 aliphatic carbocycles. The van der Waals surface area contributed by atoms with Crippen LogP contribution in [-0.4, -0.2) is 0 Å². The number of hydrogen-bond donors (Lipinski definition) is 0. The van der Waals surface area contributed by atoms with E-state index in [-0.39, 0.29) is 0 Å². The lowest BCUT2D eigenvalue weighted by atomic mass is 9.68. The maximum absolute atomic E-state index is 2.53. The van der Waals surface area contributed by atoms with Crippen LogP contribution in [0.1, 0.15) is 44.9 Å². The highest BCUT2D eigenvalue weighted by atomic mass is 14.5. The third-order valence-corrected chi connectivity index (χ3v) is 4.65. The number of rotatable bonds is 0. The van der Waals surface area contributed by atoms with Crippen molar-refractivity contribution < 1.29 is 0 Å². The Labute approximate surface area is 87.1 Å². The molecule has 0 aliphatic heterocycles. The van der Waals surface area contributed by atoms with E-state index in [1.54, 1.807) is 0 Å². The Balaban J connectivity index is 1.81. The van der Waals surface area contributed by atoms with Gasteiger partial charge in [0.05, 0.1) is 0 Å². The Morgan fingerprint density at radius 3 is 2.71 bits per heavy atom. The molecular formula is C14H20. The van der Waals surface area contributed by atoms with E-state index in [4.69, 9.17) is 0 Å². The van der Waals surface area contributed by atoms with Gasteiger partial charge in [0.1, 0.15) is 0 Å². The summed E-state index contributed by atoms with van der Waals surface area (Å²) in [7, 11) is 0. The van der Waals surface area contributed by atoms with Gasteiger partial charge >= 0.3 is 0 Å². The lowest BCUT2D eigenvalue weighted by molar-refractivity contribution is 0.184. The topological polar surface area (TPSA) is 0 Å². The molecule has 0 nitrogen and oxygen atoms in total. The summed E-state index contributed by atoms with van der Waals surface area (Å²) < 4.78 is 0. The van der Waals surface area contributed by atoms with Crippen LogP contribution in [-0.2, 0) is 0 Å². The van der Waals surface area contributed by atoms with Gasteiger partial charge in [-0.2, -0.15) is 0 Å². The average molecular weight is 188 g/mol. The summed E-state index contributed by atoms with van der Waals surface area (Å²) in [6.07, 6.45) is 19.8. The van der Waals surface area contributed by atoms with Crippen LogP contribution in [0.3, 0.4) is 0 Å². The van der Waals surface area contributed by atoms with Crippen molar-refractivity contribution in [1.82, 2.24) is 0 Å². The molecule has 0 amide bonds. The smallest absolute Gasteiger partial charge is 0.0171 e. The first-order chi connectivity index (χ1) is 6.89. The van der Waals surface area contributed by atoms with Crippen molar-refractivity contribution in [2.24, 2.45) is 17.3 Å². The van der Waals surface area contributed by atoms with E-state index < -0.39 is 0 Å². The van der Waals surface area contributed by atoms with Crippen molar-refractivity contribution in [3.63, 3.8) is 0 Å². The molecule has 1 spiro atoms. The lowest BCUT2D eigenvalue weighted by Gasteiger charge is -2.36. The van der Waals surface area contributed by atoms with Crippen molar-refractivity contribution in [1.29, 1.82) is 0 Å². The fraction of sp³-hybridized carbons (Fsp3) is 0.714. The van der Waals surface area contributed by atoms with E-state index in [1.807, 2.05) is 0 Å². The molecule has 1 saturated carbocycles. The zero-order valence-corrected chi connectivity index (χ0v) is 8.91. The first-order valence-electron chi connectivity index (χ1n) is 6.22. The highest BCUT2D eigenvalue weighted by Gasteiger charge is 2.46. The predicted octanol–water partition coefficient (Wildman–Crippen LogP) is 4.09. The zero-order chi connectivity index (χ0) is 9.43. The molecule has 3 rings (SSSR count). The monoisotopic (exact) mass is 188 g/mol. The van der Waals surface area contributed by atoms with Gasteiger partial charge in [-0.1, -0.05) is 24.3 Å². The van der Waals surface area contributed by atoms with Gasteiger partial charge in [-0.25, -0.2) is 0 Å². The molecule has 0 N–H and O–H groups in total. The minimum Gasteiger partial charge on any atom is -0.0885 e. The molecule has 3 atom stereocenters. The van der Waals surface area contributed by atoms with E-state index >= 15 is 0 Å². The van der Waals surface area contributed by atoms with Crippen LogP contribution in [0.2, 0.25) is 0 Å². The molecule has 0 heterocycles. The molecule has 0 heteroatoms. The second-order valence-corrected chi connectivity index (χ2v) is 5.46. The molecule has 0 radical (unpaired) electrons. The van der Waals surface area contributed by atoms with Gasteiger partial charge in [-0.3, -0.25) is 0 Å². The molecule has 14 heavy (non-hydrogen) atoms. The lowest BCUT2D eigenvalue weighted by Crippen LogP contribution is -2.26. The van der Waals surface area contributed by atoms with Crippen LogP contribution in [0.15, 0.2) is 24.3 Å². The minimum atomic E-state index is 0.726. The standard InChI is InChI=1S/C14H20/c1-2-4-8-14(9-5-3-1)11-12-6-7-13(14)10-12/h1-2,6-7,12-13H,3-5,8-11H2. The van der Waals surface area contributed by atoms with Crippen molar-refractivity contribution >= 4 is 0 Å². The van der Waals surface area contributed by atoms with Gasteiger partial charge < -0.3 is 0 Å². The third kappa shape index (κ3) is 1.27. The molecule has 0 aromatic rings. The molecule has 0 saturated heterocycles. The first-order valence-corrected chi connectivity index (χ1v) is 6.22. The largest absolute Gasteiger partial charge is 0.0885 e. The van der Waals surface area contributed by atoms with E-state index in [1.165, 1.54) is 44.9 Å². The molecule has 3 unspecified atom stereocenters. The fourth-order valence-electron chi connectivity index (χ4n) is 3.93. The van der Waals surface area contributed by atoms with E-state index in [0.29, 0.717) is 0 Å². The quantitative estimate of drug-likeness (QED) is 0.502. The maximum atomic E-state index is 2.53. The Kier molecular flexibility index (Phi) is 2.04. The van der Waals surface area contributed by atoms with E-state index in [9.17, 15) is 0 Å². The average Bonchev–Trinajstić information content (AvgIpc) is 2.71. The summed E-state index contributed by atoms with van der Waals surface area (Å²) in [5.41, 5.74) is 0.726. The van der Waals surface area contributed by atoms with Gasteiger partial charge in [0.15, 0.2) is 0 Å². The Hall–Kier alpha value is -0.520. The predicted molar refractivity (Wildman–Crippen MR) is 60.0 cm³/mol. The second kappa shape index (κ2) is 3.25. The van der Waals surface area contributed by atoms with Gasteiger partial charge in [0, 0.05) is 0 Å². The number of hydrogen-bond acceptors (Lipinski definition) is 0. The van der Waals surface area contributed by atoms with Crippen molar-refractivity contribution in [3.05, 3.63) is 24.3 Å². The summed E-state index contributed by atoms with van der Waals surface area (Å²) in [6.45, 7) is 0. The molecule has 0 aromatic heterocycles. The third-order valence-electron chi connectivity index (χ3n) is 4.65. The molecule has 2 bridgehead atoms. The summed E-state index contributed by atoms with van der Waals surface area (Å²) in [4.78, 5) is 0. The molecular weight excluding hydrogens is 168 g/mol. The maximum Gasteiger partial charge on any atom is -0.0171 e. The normalized spacial score (nSPS) is 45.7. The van der Waals surface area contributed by atoms with Crippen LogP contribution in [0.25, 0.3) is 0 Å². The van der Waals surface area contributed by atoms with E-state index in [2.05, 4.69) is 24.3 Å².